The Hall–Kier alpha value is -0.790. The summed E-state index contributed by atoms with van der Waals surface area (Å²) in [5, 5.41) is 8.35. The first-order chi connectivity index (χ1) is 5.02. The molecule has 0 rings (SSSR count). The van der Waals surface area contributed by atoms with Crippen LogP contribution in [0.5, 0.6) is 0 Å². The molecule has 0 aromatic carbocycles. The summed E-state index contributed by atoms with van der Waals surface area (Å²) in [5.74, 6) is -0.145. The summed E-state index contributed by atoms with van der Waals surface area (Å²) in [6.45, 7) is 6.22. The summed E-state index contributed by atoms with van der Waals surface area (Å²) >= 11 is 0. The van der Waals surface area contributed by atoms with Gasteiger partial charge in [0.15, 0.2) is 0 Å². The second-order valence-electron chi connectivity index (χ2n) is 3.25. The van der Waals surface area contributed by atoms with Crippen LogP contribution in [0.4, 0.5) is 0 Å². The van der Waals surface area contributed by atoms with E-state index in [4.69, 9.17) is 5.11 Å². The number of carboxylic acid groups (broad SMARTS) is 1. The third-order valence-electron chi connectivity index (χ3n) is 1.36. The van der Waals surface area contributed by atoms with E-state index in [1.807, 2.05) is 6.92 Å². The first-order valence-corrected chi connectivity index (χ1v) is 3.89. The van der Waals surface area contributed by atoms with Gasteiger partial charge in [0.25, 0.3) is 0 Å². The molecule has 64 valence electrons. The largest absolute Gasteiger partial charge is 0.481 e. The Kier molecular flexibility index (Phi) is 4.59. The van der Waals surface area contributed by atoms with Crippen molar-refractivity contribution in [3.05, 3.63) is 11.6 Å². The van der Waals surface area contributed by atoms with Gasteiger partial charge in [-0.05, 0) is 19.3 Å². The highest BCUT2D eigenvalue weighted by atomic mass is 16.4. The van der Waals surface area contributed by atoms with Crippen LogP contribution >= 0.6 is 0 Å². The minimum atomic E-state index is -0.756. The molecule has 0 atom stereocenters. The van der Waals surface area contributed by atoms with Gasteiger partial charge in [-0.2, -0.15) is 0 Å². The van der Waals surface area contributed by atoms with E-state index in [0.29, 0.717) is 5.92 Å². The molecule has 0 aliphatic rings. The van der Waals surface area contributed by atoms with Crippen LogP contribution in [-0.4, -0.2) is 11.1 Å². The Morgan fingerprint density at radius 2 is 2.09 bits per heavy atom. The third-order valence-corrected chi connectivity index (χ3v) is 1.36. The number of rotatable bonds is 4. The summed E-state index contributed by atoms with van der Waals surface area (Å²) in [6.07, 6.45) is 2.92. The minimum absolute atomic E-state index is 0.151. The quantitative estimate of drug-likeness (QED) is 0.635. The standard InChI is InChI=1S/C9H16O2/c1-7(2)6-8(3)4-5-9(10)11/h4,7H,5-6H2,1-3H3,(H,10,11)/b8-4+. The van der Waals surface area contributed by atoms with Crippen LogP contribution in [0.15, 0.2) is 11.6 Å². The molecule has 1 N–H and O–H groups in total. The van der Waals surface area contributed by atoms with Crippen LogP contribution in [0.1, 0.15) is 33.6 Å². The van der Waals surface area contributed by atoms with Gasteiger partial charge in [0.05, 0.1) is 6.42 Å². The first-order valence-electron chi connectivity index (χ1n) is 3.89. The van der Waals surface area contributed by atoms with Crippen LogP contribution in [0.25, 0.3) is 0 Å². The second-order valence-corrected chi connectivity index (χ2v) is 3.25. The number of allylic oxidation sites excluding steroid dienone is 1. The van der Waals surface area contributed by atoms with Crippen molar-refractivity contribution in [3.8, 4) is 0 Å². The monoisotopic (exact) mass is 156 g/mol. The number of hydrogen-bond donors (Lipinski definition) is 1. The molecule has 0 radical (unpaired) electrons. The molecule has 0 aromatic heterocycles. The molecule has 0 saturated carbocycles. The van der Waals surface area contributed by atoms with E-state index < -0.39 is 5.97 Å². The normalized spacial score (nSPS) is 12.2. The van der Waals surface area contributed by atoms with Gasteiger partial charge in [0.2, 0.25) is 0 Å². The Bertz CT molecular complexity index is 157. The maximum absolute atomic E-state index is 10.1. The predicted molar refractivity (Wildman–Crippen MR) is 45.5 cm³/mol. The molecule has 11 heavy (non-hydrogen) atoms. The first kappa shape index (κ1) is 10.2. The maximum Gasteiger partial charge on any atom is 0.307 e. The number of hydrogen-bond acceptors (Lipinski definition) is 1. The fraction of sp³-hybridized carbons (Fsp3) is 0.667. The second kappa shape index (κ2) is 4.94. The zero-order valence-corrected chi connectivity index (χ0v) is 7.42. The van der Waals surface area contributed by atoms with E-state index in [1.165, 1.54) is 5.57 Å². The van der Waals surface area contributed by atoms with Crippen LogP contribution in [0.2, 0.25) is 0 Å². The van der Waals surface area contributed by atoms with Crippen molar-refractivity contribution in [3.63, 3.8) is 0 Å². The van der Waals surface area contributed by atoms with E-state index in [-0.39, 0.29) is 6.42 Å². The molecule has 2 heteroatoms. The SMILES string of the molecule is C/C(=C\CC(=O)O)CC(C)C. The molecule has 0 bridgehead atoms. The summed E-state index contributed by atoms with van der Waals surface area (Å²) < 4.78 is 0. The van der Waals surface area contributed by atoms with E-state index in [2.05, 4.69) is 13.8 Å². The van der Waals surface area contributed by atoms with Gasteiger partial charge in [0, 0.05) is 0 Å². The van der Waals surface area contributed by atoms with E-state index in [1.54, 1.807) is 6.08 Å². The van der Waals surface area contributed by atoms with E-state index in [0.717, 1.165) is 6.42 Å². The van der Waals surface area contributed by atoms with Gasteiger partial charge in [-0.1, -0.05) is 25.5 Å². The summed E-state index contributed by atoms with van der Waals surface area (Å²) in [7, 11) is 0. The lowest BCUT2D eigenvalue weighted by atomic mass is 10.0. The average Bonchev–Trinajstić information content (AvgIpc) is 1.82. The Balaban J connectivity index is 3.72. The molecule has 0 fully saturated rings. The zero-order chi connectivity index (χ0) is 8.85. The number of aliphatic carboxylic acids is 1. The molecule has 0 unspecified atom stereocenters. The molecule has 0 spiro atoms. The molecule has 0 aliphatic carbocycles. The molecular weight excluding hydrogens is 140 g/mol. The Labute approximate surface area is 67.9 Å². The van der Waals surface area contributed by atoms with Gasteiger partial charge in [-0.25, -0.2) is 0 Å². The molecular formula is C9H16O2. The smallest absolute Gasteiger partial charge is 0.307 e. The highest BCUT2D eigenvalue weighted by Crippen LogP contribution is 2.09. The fourth-order valence-corrected chi connectivity index (χ4v) is 0.989. The molecule has 0 amide bonds. The zero-order valence-electron chi connectivity index (χ0n) is 7.42. The lowest BCUT2D eigenvalue weighted by Gasteiger charge is -2.03. The maximum atomic E-state index is 10.1. The van der Waals surface area contributed by atoms with Crippen LogP contribution in [0, 0.1) is 5.92 Å². The van der Waals surface area contributed by atoms with Gasteiger partial charge >= 0.3 is 5.97 Å². The van der Waals surface area contributed by atoms with Crippen molar-refractivity contribution >= 4 is 5.97 Å². The topological polar surface area (TPSA) is 37.3 Å². The van der Waals surface area contributed by atoms with Crippen LogP contribution < -0.4 is 0 Å². The van der Waals surface area contributed by atoms with Crippen molar-refractivity contribution in [2.24, 2.45) is 5.92 Å². The third kappa shape index (κ3) is 7.10. The van der Waals surface area contributed by atoms with Crippen molar-refractivity contribution in [1.29, 1.82) is 0 Å². The van der Waals surface area contributed by atoms with E-state index in [9.17, 15) is 4.79 Å². The van der Waals surface area contributed by atoms with Gasteiger partial charge in [-0.3, -0.25) is 4.79 Å². The molecule has 0 aliphatic heterocycles. The lowest BCUT2D eigenvalue weighted by molar-refractivity contribution is -0.136. The molecule has 2 nitrogen and oxygen atoms in total. The summed E-state index contributed by atoms with van der Waals surface area (Å²) in [4.78, 5) is 10.1. The summed E-state index contributed by atoms with van der Waals surface area (Å²) in [5.41, 5.74) is 1.17. The highest BCUT2D eigenvalue weighted by Gasteiger charge is 1.96. The fourth-order valence-electron chi connectivity index (χ4n) is 0.989. The Morgan fingerprint density at radius 3 is 2.45 bits per heavy atom. The van der Waals surface area contributed by atoms with Crippen molar-refractivity contribution in [1.82, 2.24) is 0 Å². The minimum Gasteiger partial charge on any atom is -0.481 e. The predicted octanol–water partition coefficient (Wildman–Crippen LogP) is 2.45. The Morgan fingerprint density at radius 1 is 1.55 bits per heavy atom. The summed E-state index contributed by atoms with van der Waals surface area (Å²) in [6, 6.07) is 0. The van der Waals surface area contributed by atoms with Crippen molar-refractivity contribution in [2.45, 2.75) is 33.6 Å². The lowest BCUT2D eigenvalue weighted by Crippen LogP contribution is -1.93. The van der Waals surface area contributed by atoms with Gasteiger partial charge < -0.3 is 5.11 Å². The number of carboxylic acids is 1. The highest BCUT2D eigenvalue weighted by molar-refractivity contribution is 5.68. The van der Waals surface area contributed by atoms with Gasteiger partial charge in [0.1, 0.15) is 0 Å². The van der Waals surface area contributed by atoms with Crippen LogP contribution in [0.3, 0.4) is 0 Å². The molecule has 0 saturated heterocycles. The molecule has 0 heterocycles. The van der Waals surface area contributed by atoms with Crippen molar-refractivity contribution < 1.29 is 9.90 Å². The van der Waals surface area contributed by atoms with Gasteiger partial charge in [-0.15, -0.1) is 0 Å². The van der Waals surface area contributed by atoms with Crippen molar-refractivity contribution in [2.75, 3.05) is 0 Å². The number of carbonyl (C=O) groups is 1. The molecule has 0 aromatic rings. The van der Waals surface area contributed by atoms with Crippen LogP contribution in [-0.2, 0) is 4.79 Å². The van der Waals surface area contributed by atoms with E-state index >= 15 is 0 Å². The average molecular weight is 156 g/mol.